The molecule has 0 spiro atoms. The number of halogens is 1. The Morgan fingerprint density at radius 1 is 1.20 bits per heavy atom. The Balaban J connectivity index is 1.73. The number of hydrogen-bond acceptors (Lipinski definition) is 4. The van der Waals surface area contributed by atoms with Crippen molar-refractivity contribution in [2.75, 3.05) is 33.7 Å². The first kappa shape index (κ1) is 21.3. The highest BCUT2D eigenvalue weighted by Crippen LogP contribution is 2.37. The van der Waals surface area contributed by atoms with Crippen LogP contribution in [0.2, 0.25) is 5.02 Å². The van der Waals surface area contributed by atoms with Crippen LogP contribution in [-0.2, 0) is 17.6 Å². The zero-order valence-corrected chi connectivity index (χ0v) is 19.1. The lowest BCUT2D eigenvalue weighted by Gasteiger charge is -2.44. The summed E-state index contributed by atoms with van der Waals surface area (Å²) >= 11 is 6.34. The van der Waals surface area contributed by atoms with E-state index in [0.717, 1.165) is 36.6 Å². The summed E-state index contributed by atoms with van der Waals surface area (Å²) < 4.78 is 0. The molecule has 1 unspecified atom stereocenters. The summed E-state index contributed by atoms with van der Waals surface area (Å²) in [5.74, 6) is 0.184. The fourth-order valence-electron chi connectivity index (χ4n) is 4.64. The van der Waals surface area contributed by atoms with E-state index in [1.54, 1.807) is 0 Å². The van der Waals surface area contributed by atoms with Crippen molar-refractivity contribution in [2.45, 2.75) is 44.8 Å². The van der Waals surface area contributed by atoms with Crippen molar-refractivity contribution in [1.82, 2.24) is 19.7 Å². The van der Waals surface area contributed by atoms with E-state index in [0.29, 0.717) is 6.54 Å². The standard InChI is InChI=1S/C24H31ClN4O/c1-16(2)28(4)24(30)21-15-29(13-12-27(21)3)23-20-10-9-19(25)14-18(20)8-7-17-6-5-11-26-22(17)23/h5-6,9-11,14,16,21,23H,7-8,12-13,15H2,1-4H3/t21-,23?/m1/s1. The Labute approximate surface area is 184 Å². The van der Waals surface area contributed by atoms with E-state index in [4.69, 9.17) is 16.6 Å². The van der Waals surface area contributed by atoms with Gasteiger partial charge in [0.1, 0.15) is 6.04 Å². The van der Waals surface area contributed by atoms with Crippen molar-refractivity contribution in [3.05, 3.63) is 63.9 Å². The molecule has 1 saturated heterocycles. The monoisotopic (exact) mass is 426 g/mol. The molecule has 1 fully saturated rings. The van der Waals surface area contributed by atoms with Gasteiger partial charge in [-0.1, -0.05) is 23.7 Å². The molecule has 4 rings (SSSR count). The van der Waals surface area contributed by atoms with Crippen LogP contribution >= 0.6 is 11.6 Å². The van der Waals surface area contributed by atoms with Gasteiger partial charge in [0.25, 0.3) is 0 Å². The smallest absolute Gasteiger partial charge is 0.241 e. The van der Waals surface area contributed by atoms with Gasteiger partial charge in [-0.05, 0) is 68.6 Å². The van der Waals surface area contributed by atoms with Crippen LogP contribution < -0.4 is 0 Å². The number of benzene rings is 1. The Kier molecular flexibility index (Phi) is 6.14. The largest absolute Gasteiger partial charge is 0.342 e. The molecule has 1 aromatic carbocycles. The third kappa shape index (κ3) is 3.98. The number of pyridine rings is 1. The van der Waals surface area contributed by atoms with Gasteiger partial charge < -0.3 is 4.90 Å². The maximum absolute atomic E-state index is 13.2. The van der Waals surface area contributed by atoms with Crippen molar-refractivity contribution in [3.63, 3.8) is 0 Å². The number of aromatic nitrogens is 1. The molecule has 30 heavy (non-hydrogen) atoms. The van der Waals surface area contributed by atoms with Gasteiger partial charge in [0.05, 0.1) is 11.7 Å². The zero-order valence-electron chi connectivity index (χ0n) is 18.3. The number of carbonyl (C=O) groups is 1. The van der Waals surface area contributed by atoms with Gasteiger partial charge in [0.15, 0.2) is 0 Å². The second-order valence-electron chi connectivity index (χ2n) is 8.83. The number of nitrogens with zero attached hydrogens (tertiary/aromatic N) is 4. The maximum Gasteiger partial charge on any atom is 0.241 e. The van der Waals surface area contributed by atoms with Crippen LogP contribution in [0.3, 0.4) is 0 Å². The number of likely N-dealkylation sites (N-methyl/N-ethyl adjacent to an activating group) is 2. The first-order valence-corrected chi connectivity index (χ1v) is 11.2. The Morgan fingerprint density at radius 2 is 1.97 bits per heavy atom. The number of fused-ring (bicyclic) bond motifs is 2. The average Bonchev–Trinajstić information content (AvgIpc) is 2.89. The number of piperazine rings is 1. The minimum Gasteiger partial charge on any atom is -0.342 e. The molecule has 5 nitrogen and oxygen atoms in total. The summed E-state index contributed by atoms with van der Waals surface area (Å²) in [5.41, 5.74) is 4.96. The number of amides is 1. The number of aryl methyl sites for hydroxylation is 2. The molecule has 0 bridgehead atoms. The second kappa shape index (κ2) is 8.66. The van der Waals surface area contributed by atoms with Gasteiger partial charge in [-0.2, -0.15) is 0 Å². The SMILES string of the molecule is CC(C)N(C)C(=O)[C@H]1CN(C2c3ccc(Cl)cc3CCc3cccnc32)CCN1C. The maximum atomic E-state index is 13.2. The summed E-state index contributed by atoms with van der Waals surface area (Å²) in [4.78, 5) is 24.5. The van der Waals surface area contributed by atoms with Crippen LogP contribution in [0, 0.1) is 0 Å². The van der Waals surface area contributed by atoms with Crippen LogP contribution in [-0.4, -0.2) is 71.4 Å². The van der Waals surface area contributed by atoms with E-state index in [1.807, 2.05) is 30.3 Å². The summed E-state index contributed by atoms with van der Waals surface area (Å²) in [6.07, 6.45) is 3.80. The van der Waals surface area contributed by atoms with E-state index in [2.05, 4.69) is 48.9 Å². The van der Waals surface area contributed by atoms with E-state index < -0.39 is 0 Å². The van der Waals surface area contributed by atoms with Gasteiger partial charge in [-0.3, -0.25) is 19.6 Å². The van der Waals surface area contributed by atoms with Gasteiger partial charge in [0, 0.05) is 43.9 Å². The van der Waals surface area contributed by atoms with Gasteiger partial charge in [-0.25, -0.2) is 0 Å². The van der Waals surface area contributed by atoms with Crippen molar-refractivity contribution in [3.8, 4) is 0 Å². The van der Waals surface area contributed by atoms with Crippen LogP contribution in [0.1, 0.15) is 42.3 Å². The van der Waals surface area contributed by atoms with Crippen LogP contribution in [0.4, 0.5) is 0 Å². The molecule has 1 aliphatic heterocycles. The van der Waals surface area contributed by atoms with Crippen molar-refractivity contribution in [1.29, 1.82) is 0 Å². The highest BCUT2D eigenvalue weighted by molar-refractivity contribution is 6.30. The fraction of sp³-hybridized carbons (Fsp3) is 0.500. The molecular formula is C24H31ClN4O. The highest BCUT2D eigenvalue weighted by atomic mass is 35.5. The lowest BCUT2D eigenvalue weighted by molar-refractivity contribution is -0.139. The summed E-state index contributed by atoms with van der Waals surface area (Å²) in [6, 6.07) is 10.5. The molecule has 0 saturated carbocycles. The second-order valence-corrected chi connectivity index (χ2v) is 9.26. The molecule has 2 atom stereocenters. The summed E-state index contributed by atoms with van der Waals surface area (Å²) in [6.45, 7) is 6.56. The van der Waals surface area contributed by atoms with Gasteiger partial charge >= 0.3 is 0 Å². The highest BCUT2D eigenvalue weighted by Gasteiger charge is 2.38. The summed E-state index contributed by atoms with van der Waals surface area (Å²) in [5, 5.41) is 0.774. The molecular weight excluding hydrogens is 396 g/mol. The Morgan fingerprint density at radius 3 is 2.73 bits per heavy atom. The van der Waals surface area contributed by atoms with Gasteiger partial charge in [0.2, 0.25) is 5.91 Å². The molecule has 1 aromatic heterocycles. The predicted molar refractivity (Wildman–Crippen MR) is 121 cm³/mol. The zero-order chi connectivity index (χ0) is 21.4. The molecule has 1 aliphatic carbocycles. The molecule has 2 aromatic rings. The molecule has 1 amide bonds. The Hall–Kier alpha value is -1.95. The number of hydrogen-bond donors (Lipinski definition) is 0. The molecule has 2 aliphatic rings. The lowest BCUT2D eigenvalue weighted by atomic mass is 9.95. The molecule has 6 heteroatoms. The van der Waals surface area contributed by atoms with Crippen LogP contribution in [0.25, 0.3) is 0 Å². The summed E-state index contributed by atoms with van der Waals surface area (Å²) in [7, 11) is 3.96. The van der Waals surface area contributed by atoms with Gasteiger partial charge in [-0.15, -0.1) is 0 Å². The normalized spacial score (nSPS) is 22.3. The minimum atomic E-state index is -0.155. The van der Waals surface area contributed by atoms with E-state index in [1.165, 1.54) is 16.7 Å². The number of rotatable bonds is 3. The molecule has 0 radical (unpaired) electrons. The molecule has 0 N–H and O–H groups in total. The third-order valence-corrected chi connectivity index (χ3v) is 6.94. The Bertz CT molecular complexity index is 931. The first-order valence-electron chi connectivity index (χ1n) is 10.8. The van der Waals surface area contributed by atoms with E-state index in [9.17, 15) is 4.79 Å². The topological polar surface area (TPSA) is 39.7 Å². The lowest BCUT2D eigenvalue weighted by Crippen LogP contribution is -2.59. The van der Waals surface area contributed by atoms with E-state index >= 15 is 0 Å². The fourth-order valence-corrected chi connectivity index (χ4v) is 4.83. The van der Waals surface area contributed by atoms with Crippen molar-refractivity contribution < 1.29 is 4.79 Å². The van der Waals surface area contributed by atoms with Crippen molar-refractivity contribution >= 4 is 17.5 Å². The third-order valence-electron chi connectivity index (χ3n) is 6.70. The van der Waals surface area contributed by atoms with Crippen molar-refractivity contribution in [2.24, 2.45) is 0 Å². The van der Waals surface area contributed by atoms with Crippen LogP contribution in [0.5, 0.6) is 0 Å². The molecule has 160 valence electrons. The molecule has 2 heterocycles. The number of carbonyl (C=O) groups excluding carboxylic acids is 1. The van der Waals surface area contributed by atoms with Crippen LogP contribution in [0.15, 0.2) is 36.5 Å². The quantitative estimate of drug-likeness (QED) is 0.754. The minimum absolute atomic E-state index is 0.0457. The predicted octanol–water partition coefficient (Wildman–Crippen LogP) is 3.41. The average molecular weight is 427 g/mol. The first-order chi connectivity index (χ1) is 14.4. The van der Waals surface area contributed by atoms with E-state index in [-0.39, 0.29) is 24.0 Å².